The fourth-order valence-electron chi connectivity index (χ4n) is 3.37. The summed E-state index contributed by atoms with van der Waals surface area (Å²) < 4.78 is 30.4. The maximum absolute atomic E-state index is 13.4. The van der Waals surface area contributed by atoms with Gasteiger partial charge in [-0.2, -0.15) is 4.31 Å². The minimum Gasteiger partial charge on any atom is -0.348 e. The van der Waals surface area contributed by atoms with Crippen LogP contribution >= 0.6 is 11.6 Å². The highest BCUT2D eigenvalue weighted by Gasteiger charge is 2.38. The van der Waals surface area contributed by atoms with Crippen LogP contribution < -0.4 is 0 Å². The molecule has 4 rings (SSSR count). The molecule has 4 nitrogen and oxygen atoms in total. The summed E-state index contributed by atoms with van der Waals surface area (Å²) in [6, 6.07) is 19.9. The lowest BCUT2D eigenvalue weighted by Crippen LogP contribution is -2.42. The quantitative estimate of drug-likeness (QED) is 0.699. The van der Waals surface area contributed by atoms with E-state index >= 15 is 0 Å². The zero-order chi connectivity index (χ0) is 17.4. The van der Waals surface area contributed by atoms with Crippen molar-refractivity contribution in [2.75, 3.05) is 6.54 Å². The first-order valence-corrected chi connectivity index (χ1v) is 9.87. The maximum Gasteiger partial charge on any atom is 0.245 e. The van der Waals surface area contributed by atoms with Crippen molar-refractivity contribution in [3.05, 3.63) is 89.2 Å². The molecule has 128 valence electrons. The van der Waals surface area contributed by atoms with Crippen LogP contribution in [0.3, 0.4) is 0 Å². The highest BCUT2D eigenvalue weighted by atomic mass is 35.5. The van der Waals surface area contributed by atoms with Gasteiger partial charge in [-0.3, -0.25) is 0 Å². The lowest BCUT2D eigenvalue weighted by Gasteiger charge is -2.36. The highest BCUT2D eigenvalue weighted by Crippen LogP contribution is 2.37. The van der Waals surface area contributed by atoms with Crippen LogP contribution in [0, 0.1) is 0 Å². The molecule has 0 saturated carbocycles. The molecule has 2 aromatic carbocycles. The molecule has 0 radical (unpaired) electrons. The number of hydrogen-bond donors (Lipinski definition) is 0. The summed E-state index contributed by atoms with van der Waals surface area (Å²) in [5.74, 6) is 0. The van der Waals surface area contributed by atoms with Gasteiger partial charge in [-0.05, 0) is 29.8 Å². The van der Waals surface area contributed by atoms with E-state index in [1.807, 2.05) is 48.7 Å². The van der Waals surface area contributed by atoms with Crippen molar-refractivity contribution in [1.82, 2.24) is 8.87 Å². The summed E-state index contributed by atoms with van der Waals surface area (Å²) in [4.78, 5) is 0.151. The molecule has 3 aromatic rings. The average Bonchev–Trinajstić information content (AvgIpc) is 3.10. The van der Waals surface area contributed by atoms with Gasteiger partial charge in [-0.25, -0.2) is 8.42 Å². The SMILES string of the molecule is O=S(=O)(c1ccccc1Cl)N1CCn2cccc2[C@@H]1c1ccccc1. The average molecular weight is 373 g/mol. The predicted octanol–water partition coefficient (Wildman–Crippen LogP) is 3.94. The van der Waals surface area contributed by atoms with E-state index in [-0.39, 0.29) is 16.0 Å². The van der Waals surface area contributed by atoms with Gasteiger partial charge in [0, 0.05) is 25.0 Å². The summed E-state index contributed by atoms with van der Waals surface area (Å²) in [5.41, 5.74) is 1.91. The Hall–Kier alpha value is -2.08. The van der Waals surface area contributed by atoms with Crippen LogP contribution in [0.5, 0.6) is 0 Å². The molecule has 1 atom stereocenters. The predicted molar refractivity (Wildman–Crippen MR) is 98.1 cm³/mol. The molecule has 0 fully saturated rings. The summed E-state index contributed by atoms with van der Waals surface area (Å²) >= 11 is 6.19. The smallest absolute Gasteiger partial charge is 0.245 e. The fourth-order valence-corrected chi connectivity index (χ4v) is 5.45. The van der Waals surface area contributed by atoms with Crippen molar-refractivity contribution >= 4 is 21.6 Å². The Kier molecular flexibility index (Phi) is 4.15. The second kappa shape index (κ2) is 6.33. The van der Waals surface area contributed by atoms with Gasteiger partial charge in [-0.1, -0.05) is 54.1 Å². The molecule has 1 aliphatic heterocycles. The topological polar surface area (TPSA) is 42.3 Å². The Morgan fingerprint density at radius 2 is 1.60 bits per heavy atom. The van der Waals surface area contributed by atoms with Crippen LogP contribution in [0.25, 0.3) is 0 Å². The molecule has 0 saturated heterocycles. The Morgan fingerprint density at radius 1 is 0.880 bits per heavy atom. The molecular weight excluding hydrogens is 356 g/mol. The molecule has 1 aliphatic rings. The molecule has 1 aromatic heterocycles. The minimum atomic E-state index is -3.72. The van der Waals surface area contributed by atoms with Gasteiger partial charge in [0.05, 0.1) is 11.1 Å². The number of rotatable bonds is 3. The highest BCUT2D eigenvalue weighted by molar-refractivity contribution is 7.89. The first-order chi connectivity index (χ1) is 12.1. The first-order valence-electron chi connectivity index (χ1n) is 8.05. The summed E-state index contributed by atoms with van der Waals surface area (Å²) in [7, 11) is -3.72. The zero-order valence-corrected chi connectivity index (χ0v) is 15.0. The summed E-state index contributed by atoms with van der Waals surface area (Å²) in [6.07, 6.45) is 1.99. The molecule has 0 aliphatic carbocycles. The fraction of sp³-hybridized carbons (Fsp3) is 0.158. The number of halogens is 1. The van der Waals surface area contributed by atoms with E-state index in [4.69, 9.17) is 11.6 Å². The van der Waals surface area contributed by atoms with E-state index < -0.39 is 10.0 Å². The van der Waals surface area contributed by atoms with Crippen LogP contribution in [0.2, 0.25) is 5.02 Å². The zero-order valence-electron chi connectivity index (χ0n) is 13.4. The number of sulfonamides is 1. The second-order valence-electron chi connectivity index (χ2n) is 5.99. The maximum atomic E-state index is 13.4. The third kappa shape index (κ3) is 2.78. The lowest BCUT2D eigenvalue weighted by atomic mass is 10.0. The van der Waals surface area contributed by atoms with Crippen LogP contribution in [-0.2, 0) is 16.6 Å². The van der Waals surface area contributed by atoms with Crippen LogP contribution in [0.4, 0.5) is 0 Å². The van der Waals surface area contributed by atoms with E-state index in [9.17, 15) is 8.42 Å². The molecule has 6 heteroatoms. The Morgan fingerprint density at radius 3 is 2.36 bits per heavy atom. The standard InChI is InChI=1S/C19H17ClN2O2S/c20-16-9-4-5-11-18(16)25(23,24)22-14-13-21-12-6-10-17(21)19(22)15-7-2-1-3-8-15/h1-12,19H,13-14H2/t19-/m0/s1. The van der Waals surface area contributed by atoms with Gasteiger partial charge in [0.1, 0.15) is 4.90 Å². The molecular formula is C19H17ClN2O2S. The van der Waals surface area contributed by atoms with Crippen LogP contribution in [-0.4, -0.2) is 23.8 Å². The molecule has 0 bridgehead atoms. The van der Waals surface area contributed by atoms with Gasteiger partial charge in [-0.15, -0.1) is 0 Å². The van der Waals surface area contributed by atoms with Crippen molar-refractivity contribution in [1.29, 1.82) is 0 Å². The van der Waals surface area contributed by atoms with E-state index in [0.29, 0.717) is 13.1 Å². The van der Waals surface area contributed by atoms with Gasteiger partial charge in [0.15, 0.2) is 0 Å². The van der Waals surface area contributed by atoms with E-state index in [1.165, 1.54) is 0 Å². The van der Waals surface area contributed by atoms with Crippen molar-refractivity contribution in [2.45, 2.75) is 17.5 Å². The summed E-state index contributed by atoms with van der Waals surface area (Å²) in [6.45, 7) is 1.02. The second-order valence-corrected chi connectivity index (χ2v) is 8.25. The Bertz CT molecular complexity index is 999. The normalized spacial score (nSPS) is 18.0. The molecule has 2 heterocycles. The van der Waals surface area contributed by atoms with Gasteiger partial charge in [0.25, 0.3) is 0 Å². The van der Waals surface area contributed by atoms with E-state index in [1.54, 1.807) is 28.6 Å². The number of fused-ring (bicyclic) bond motifs is 1. The first kappa shape index (κ1) is 16.4. The molecule has 0 unspecified atom stereocenters. The number of hydrogen-bond acceptors (Lipinski definition) is 2. The van der Waals surface area contributed by atoms with Crippen molar-refractivity contribution < 1.29 is 8.42 Å². The molecule has 0 N–H and O–H groups in total. The van der Waals surface area contributed by atoms with Crippen LogP contribution in [0.15, 0.2) is 77.8 Å². The van der Waals surface area contributed by atoms with Crippen molar-refractivity contribution in [3.8, 4) is 0 Å². The third-order valence-electron chi connectivity index (χ3n) is 4.53. The third-order valence-corrected chi connectivity index (χ3v) is 6.90. The van der Waals surface area contributed by atoms with Gasteiger partial charge in [0.2, 0.25) is 10.0 Å². The molecule has 25 heavy (non-hydrogen) atoms. The van der Waals surface area contributed by atoms with Gasteiger partial charge >= 0.3 is 0 Å². The largest absolute Gasteiger partial charge is 0.348 e. The van der Waals surface area contributed by atoms with Gasteiger partial charge < -0.3 is 4.57 Å². The number of nitrogens with zero attached hydrogens (tertiary/aromatic N) is 2. The Labute approximate surface area is 152 Å². The Balaban J connectivity index is 1.87. The summed E-state index contributed by atoms with van der Waals surface area (Å²) in [5, 5.41) is 0.246. The van der Waals surface area contributed by atoms with Crippen LogP contribution in [0.1, 0.15) is 17.3 Å². The van der Waals surface area contributed by atoms with Crippen molar-refractivity contribution in [3.63, 3.8) is 0 Å². The number of aromatic nitrogens is 1. The van der Waals surface area contributed by atoms with E-state index in [0.717, 1.165) is 11.3 Å². The number of benzene rings is 2. The lowest BCUT2D eigenvalue weighted by molar-refractivity contribution is 0.298. The monoisotopic (exact) mass is 372 g/mol. The molecule has 0 spiro atoms. The van der Waals surface area contributed by atoms with Crippen molar-refractivity contribution in [2.24, 2.45) is 0 Å². The van der Waals surface area contributed by atoms with E-state index in [2.05, 4.69) is 4.57 Å². The minimum absolute atomic E-state index is 0.151. The molecule has 0 amide bonds.